The van der Waals surface area contributed by atoms with Crippen LogP contribution in [-0.4, -0.2) is 34.0 Å². The van der Waals surface area contributed by atoms with Crippen molar-refractivity contribution in [3.8, 4) is 0 Å². The van der Waals surface area contributed by atoms with Gasteiger partial charge in [-0.3, -0.25) is 0 Å². The third-order valence-corrected chi connectivity index (χ3v) is 4.17. The number of hydrogen-bond acceptors (Lipinski definition) is 6. The number of aryl methyl sites for hydroxylation is 2. The number of urea groups is 1. The Morgan fingerprint density at radius 3 is 2.50 bits per heavy atom. The second kappa shape index (κ2) is 7.15. The van der Waals surface area contributed by atoms with E-state index in [1.807, 2.05) is 0 Å². The van der Waals surface area contributed by atoms with Gasteiger partial charge in [0.2, 0.25) is 0 Å². The molecule has 0 bridgehead atoms. The van der Waals surface area contributed by atoms with E-state index in [-0.39, 0.29) is 12.3 Å². The first-order valence-electron chi connectivity index (χ1n) is 8.20. The predicted molar refractivity (Wildman–Crippen MR) is 91.5 cm³/mol. The van der Waals surface area contributed by atoms with Gasteiger partial charge in [0, 0.05) is 6.54 Å². The Morgan fingerprint density at radius 1 is 1.29 bits per heavy atom. The summed E-state index contributed by atoms with van der Waals surface area (Å²) < 4.78 is 43.2. The normalized spacial score (nSPS) is 19.1. The zero-order valence-corrected chi connectivity index (χ0v) is 14.9. The van der Waals surface area contributed by atoms with Gasteiger partial charge in [-0.1, -0.05) is 34.6 Å². The molecular formula is C17H17F3N4O4. The smallest absolute Gasteiger partial charge is 0.359 e. The maximum Gasteiger partial charge on any atom is 0.458 e. The van der Waals surface area contributed by atoms with Crippen LogP contribution in [0.3, 0.4) is 0 Å². The lowest BCUT2D eigenvalue weighted by molar-refractivity contribution is -0.355. The van der Waals surface area contributed by atoms with E-state index in [0.29, 0.717) is 28.3 Å². The number of amides is 2. The number of carbonyl (C=O) groups excluding carboxylic acids is 1. The van der Waals surface area contributed by atoms with Crippen LogP contribution < -0.4 is 10.6 Å². The molecule has 2 heterocycles. The molecule has 0 aliphatic carbocycles. The van der Waals surface area contributed by atoms with Crippen LogP contribution in [0.15, 0.2) is 33.9 Å². The van der Waals surface area contributed by atoms with Crippen molar-refractivity contribution >= 4 is 17.4 Å². The lowest BCUT2D eigenvalue weighted by Gasteiger charge is -2.22. The second-order valence-corrected chi connectivity index (χ2v) is 6.29. The highest BCUT2D eigenvalue weighted by molar-refractivity contribution is 6.01. The van der Waals surface area contributed by atoms with Gasteiger partial charge in [-0.05, 0) is 25.0 Å². The molecule has 11 heteroatoms. The minimum atomic E-state index is -4.95. The summed E-state index contributed by atoms with van der Waals surface area (Å²) in [5, 5.41) is 21.8. The summed E-state index contributed by atoms with van der Waals surface area (Å²) >= 11 is 0. The van der Waals surface area contributed by atoms with Gasteiger partial charge in [0.15, 0.2) is 5.76 Å². The lowest BCUT2D eigenvalue weighted by atomic mass is 10.0. The number of oxime groups is 1. The number of alkyl halides is 3. The number of nitrogens with zero attached hydrogens (tertiary/aromatic N) is 2. The SMILES string of the molecule is Cc1noc(C)c1NC(=O)NCc1ccc(C2=NOC(O)(C(F)(F)F)C2)cc1. The number of hydrogen-bond donors (Lipinski definition) is 3. The van der Waals surface area contributed by atoms with Gasteiger partial charge in [-0.2, -0.15) is 13.2 Å². The minimum absolute atomic E-state index is 0.0181. The summed E-state index contributed by atoms with van der Waals surface area (Å²) in [4.78, 5) is 16.2. The van der Waals surface area contributed by atoms with Gasteiger partial charge >= 0.3 is 18.0 Å². The molecule has 1 aromatic carbocycles. The standard InChI is InChI=1S/C17H17F3N4O4/c1-9-14(10(2)27-23-9)22-15(25)21-8-11-3-5-12(6-4-11)13-7-16(26,28-24-13)17(18,19)20/h3-6,26H,7-8H2,1-2H3,(H2,21,22,25). The van der Waals surface area contributed by atoms with Gasteiger partial charge in [-0.25, -0.2) is 4.79 Å². The lowest BCUT2D eigenvalue weighted by Crippen LogP contribution is -2.45. The molecule has 0 saturated carbocycles. The minimum Gasteiger partial charge on any atom is -0.359 e. The van der Waals surface area contributed by atoms with Crippen LogP contribution in [0.1, 0.15) is 29.0 Å². The number of aliphatic hydroxyl groups is 1. The average molecular weight is 398 g/mol. The Labute approximate surface area is 157 Å². The zero-order chi connectivity index (χ0) is 20.5. The summed E-state index contributed by atoms with van der Waals surface area (Å²) in [7, 11) is 0. The van der Waals surface area contributed by atoms with Crippen LogP contribution in [0.25, 0.3) is 0 Å². The number of halogens is 3. The molecule has 1 aliphatic heterocycles. The third-order valence-electron chi connectivity index (χ3n) is 4.17. The fourth-order valence-electron chi connectivity index (χ4n) is 2.55. The van der Waals surface area contributed by atoms with E-state index in [1.165, 1.54) is 12.1 Å². The molecule has 0 spiro atoms. The Hall–Kier alpha value is -3.08. The third kappa shape index (κ3) is 3.93. The number of anilines is 1. The molecule has 0 saturated heterocycles. The Balaban J connectivity index is 1.56. The molecular weight excluding hydrogens is 381 g/mol. The fourth-order valence-corrected chi connectivity index (χ4v) is 2.55. The Morgan fingerprint density at radius 2 is 1.96 bits per heavy atom. The van der Waals surface area contributed by atoms with E-state index in [4.69, 9.17) is 4.52 Å². The largest absolute Gasteiger partial charge is 0.458 e. The summed E-state index contributed by atoms with van der Waals surface area (Å²) in [6.45, 7) is 3.55. The molecule has 0 radical (unpaired) electrons. The van der Waals surface area contributed by atoms with Crippen LogP contribution in [-0.2, 0) is 11.4 Å². The van der Waals surface area contributed by atoms with Gasteiger partial charge in [0.1, 0.15) is 11.4 Å². The number of rotatable bonds is 4. The molecule has 3 N–H and O–H groups in total. The van der Waals surface area contributed by atoms with Crippen molar-refractivity contribution < 1.29 is 32.4 Å². The van der Waals surface area contributed by atoms with Crippen molar-refractivity contribution in [2.75, 3.05) is 5.32 Å². The summed E-state index contributed by atoms with van der Waals surface area (Å²) in [5.74, 6) is -2.82. The number of carbonyl (C=O) groups is 1. The first-order chi connectivity index (χ1) is 13.1. The molecule has 2 aromatic rings. The molecule has 2 amide bonds. The highest BCUT2D eigenvalue weighted by atomic mass is 19.4. The average Bonchev–Trinajstić information content (AvgIpc) is 3.19. The molecule has 1 aromatic heterocycles. The zero-order valence-electron chi connectivity index (χ0n) is 14.9. The van der Waals surface area contributed by atoms with Crippen molar-refractivity contribution in [2.24, 2.45) is 5.16 Å². The highest BCUT2D eigenvalue weighted by Gasteiger charge is 2.60. The van der Waals surface area contributed by atoms with E-state index in [1.54, 1.807) is 26.0 Å². The van der Waals surface area contributed by atoms with E-state index in [0.717, 1.165) is 0 Å². The van der Waals surface area contributed by atoms with E-state index < -0.39 is 24.4 Å². The molecule has 28 heavy (non-hydrogen) atoms. The molecule has 0 fully saturated rings. The quantitative estimate of drug-likeness (QED) is 0.734. The van der Waals surface area contributed by atoms with Crippen molar-refractivity contribution in [1.82, 2.24) is 10.5 Å². The predicted octanol–water partition coefficient (Wildman–Crippen LogP) is 2.99. The Bertz CT molecular complexity index is 889. The second-order valence-electron chi connectivity index (χ2n) is 6.29. The van der Waals surface area contributed by atoms with E-state index >= 15 is 0 Å². The molecule has 150 valence electrons. The summed E-state index contributed by atoms with van der Waals surface area (Å²) in [6, 6.07) is 5.86. The molecule has 1 aliphatic rings. The first kappa shape index (κ1) is 19.7. The van der Waals surface area contributed by atoms with Gasteiger partial charge in [0.25, 0.3) is 0 Å². The highest BCUT2D eigenvalue weighted by Crippen LogP contribution is 2.38. The van der Waals surface area contributed by atoms with Crippen molar-refractivity contribution in [3.05, 3.63) is 46.8 Å². The van der Waals surface area contributed by atoms with E-state index in [2.05, 4.69) is 25.8 Å². The van der Waals surface area contributed by atoms with E-state index in [9.17, 15) is 23.1 Å². The van der Waals surface area contributed by atoms with Crippen LogP contribution in [0, 0.1) is 13.8 Å². The maximum atomic E-state index is 12.8. The van der Waals surface area contributed by atoms with Crippen LogP contribution in [0.5, 0.6) is 0 Å². The fraction of sp³-hybridized carbons (Fsp3) is 0.353. The summed E-state index contributed by atoms with van der Waals surface area (Å²) in [5.41, 5.74) is 2.11. The molecule has 8 nitrogen and oxygen atoms in total. The van der Waals surface area contributed by atoms with Crippen molar-refractivity contribution in [2.45, 2.75) is 38.8 Å². The Kier molecular flexibility index (Phi) is 5.02. The number of aromatic nitrogens is 1. The van der Waals surface area contributed by atoms with Crippen LogP contribution in [0.2, 0.25) is 0 Å². The topological polar surface area (TPSA) is 109 Å². The number of benzene rings is 1. The van der Waals surface area contributed by atoms with Crippen molar-refractivity contribution in [3.63, 3.8) is 0 Å². The maximum absolute atomic E-state index is 12.8. The number of nitrogens with one attached hydrogen (secondary N) is 2. The molecule has 1 atom stereocenters. The van der Waals surface area contributed by atoms with Crippen LogP contribution >= 0.6 is 0 Å². The molecule has 3 rings (SSSR count). The van der Waals surface area contributed by atoms with Gasteiger partial charge in [0.05, 0.1) is 12.1 Å². The summed E-state index contributed by atoms with van der Waals surface area (Å²) in [6.07, 6.45) is -5.75. The van der Waals surface area contributed by atoms with Gasteiger partial charge in [-0.15, -0.1) is 0 Å². The first-order valence-corrected chi connectivity index (χ1v) is 8.20. The monoisotopic (exact) mass is 398 g/mol. The van der Waals surface area contributed by atoms with Crippen LogP contribution in [0.4, 0.5) is 23.7 Å². The van der Waals surface area contributed by atoms with Gasteiger partial charge < -0.3 is 25.1 Å². The van der Waals surface area contributed by atoms with Crippen molar-refractivity contribution in [1.29, 1.82) is 0 Å². The molecule has 1 unspecified atom stereocenters.